The van der Waals surface area contributed by atoms with Gasteiger partial charge in [-0.15, -0.1) is 0 Å². The first kappa shape index (κ1) is 17.2. The number of carbonyl (C=O) groups is 3. The molecule has 3 aliphatic rings. The van der Waals surface area contributed by atoms with Crippen LogP contribution in [0.2, 0.25) is 0 Å². The van der Waals surface area contributed by atoms with Crippen LogP contribution in [-0.4, -0.2) is 71.7 Å². The topological polar surface area (TPSA) is 60.9 Å². The molecular weight excluding hydrogens is 330 g/mol. The molecule has 2 aliphatic heterocycles. The van der Waals surface area contributed by atoms with E-state index in [2.05, 4.69) is 4.90 Å². The molecule has 0 bridgehead atoms. The number of carbonyl (C=O) groups excluding carboxylic acids is 3. The molecule has 1 saturated heterocycles. The van der Waals surface area contributed by atoms with Gasteiger partial charge in [-0.25, -0.2) is 0 Å². The standard InChI is InChI=1S/C20H25N3O3/c1-21-9-11-22(12-10-21)18(24)14-7-8-16-17(13-14)20(26)23(19(16)25)15-5-3-2-4-6-15/h7-8,13,15H,2-6,9-12H2,1H3. The molecular formula is C20H25N3O3. The van der Waals surface area contributed by atoms with Crippen LogP contribution < -0.4 is 0 Å². The SMILES string of the molecule is CN1CCN(C(=O)c2ccc3c(c2)C(=O)N(C2CCCCC2)C3=O)CC1. The number of nitrogens with zero attached hydrogens (tertiary/aromatic N) is 3. The van der Waals surface area contributed by atoms with Crippen LogP contribution in [0.3, 0.4) is 0 Å². The second kappa shape index (κ2) is 6.83. The van der Waals surface area contributed by atoms with E-state index in [-0.39, 0.29) is 23.8 Å². The molecule has 6 heteroatoms. The van der Waals surface area contributed by atoms with Crippen LogP contribution in [0, 0.1) is 0 Å². The lowest BCUT2D eigenvalue weighted by atomic mass is 9.94. The predicted molar refractivity (Wildman–Crippen MR) is 97.2 cm³/mol. The Balaban J connectivity index is 1.56. The van der Waals surface area contributed by atoms with Crippen molar-refractivity contribution < 1.29 is 14.4 Å². The minimum Gasteiger partial charge on any atom is -0.336 e. The third-order valence-electron chi connectivity index (χ3n) is 5.90. The Labute approximate surface area is 153 Å². The second-order valence-corrected chi connectivity index (χ2v) is 7.63. The van der Waals surface area contributed by atoms with Gasteiger partial charge in [0, 0.05) is 37.8 Å². The van der Waals surface area contributed by atoms with Gasteiger partial charge in [-0.3, -0.25) is 19.3 Å². The van der Waals surface area contributed by atoms with Crippen molar-refractivity contribution in [1.82, 2.24) is 14.7 Å². The van der Waals surface area contributed by atoms with E-state index < -0.39 is 0 Å². The number of amides is 3. The highest BCUT2D eigenvalue weighted by molar-refractivity contribution is 6.22. The molecule has 2 heterocycles. The van der Waals surface area contributed by atoms with Crippen molar-refractivity contribution in [1.29, 1.82) is 0 Å². The highest BCUT2D eigenvalue weighted by atomic mass is 16.2. The normalized spacial score (nSPS) is 22.0. The number of hydrogen-bond acceptors (Lipinski definition) is 4. The fourth-order valence-corrected chi connectivity index (χ4v) is 4.26. The third-order valence-corrected chi connectivity index (χ3v) is 5.90. The minimum absolute atomic E-state index is 0.00735. The van der Waals surface area contributed by atoms with E-state index in [1.807, 2.05) is 11.9 Å². The van der Waals surface area contributed by atoms with Gasteiger partial charge in [0.1, 0.15) is 0 Å². The molecule has 0 atom stereocenters. The van der Waals surface area contributed by atoms with Crippen molar-refractivity contribution in [2.45, 2.75) is 38.1 Å². The lowest BCUT2D eigenvalue weighted by molar-refractivity contribution is 0.0548. The van der Waals surface area contributed by atoms with Crippen molar-refractivity contribution in [3.8, 4) is 0 Å². The molecule has 0 N–H and O–H groups in total. The van der Waals surface area contributed by atoms with Gasteiger partial charge in [-0.05, 0) is 38.1 Å². The average molecular weight is 355 g/mol. The summed E-state index contributed by atoms with van der Waals surface area (Å²) < 4.78 is 0. The van der Waals surface area contributed by atoms with Crippen molar-refractivity contribution in [3.63, 3.8) is 0 Å². The lowest BCUT2D eigenvalue weighted by Crippen LogP contribution is -2.47. The molecule has 0 unspecified atom stereocenters. The Morgan fingerprint density at radius 2 is 1.58 bits per heavy atom. The molecule has 1 saturated carbocycles. The summed E-state index contributed by atoms with van der Waals surface area (Å²) in [4.78, 5) is 43.8. The van der Waals surface area contributed by atoms with Crippen LogP contribution in [0.1, 0.15) is 63.2 Å². The Hall–Kier alpha value is -2.21. The van der Waals surface area contributed by atoms with E-state index in [1.54, 1.807) is 18.2 Å². The molecule has 2 fully saturated rings. The molecule has 0 radical (unpaired) electrons. The maximum Gasteiger partial charge on any atom is 0.261 e. The monoisotopic (exact) mass is 355 g/mol. The van der Waals surface area contributed by atoms with Crippen molar-refractivity contribution >= 4 is 17.7 Å². The molecule has 0 aromatic heterocycles. The zero-order chi connectivity index (χ0) is 18.3. The van der Waals surface area contributed by atoms with Crippen LogP contribution in [-0.2, 0) is 0 Å². The Bertz CT molecular complexity index is 747. The second-order valence-electron chi connectivity index (χ2n) is 7.63. The minimum atomic E-state index is -0.232. The average Bonchev–Trinajstić information content (AvgIpc) is 2.92. The van der Waals surface area contributed by atoms with E-state index >= 15 is 0 Å². The van der Waals surface area contributed by atoms with Crippen LogP contribution in [0.15, 0.2) is 18.2 Å². The summed E-state index contributed by atoms with van der Waals surface area (Å²) in [6.45, 7) is 3.08. The van der Waals surface area contributed by atoms with Crippen LogP contribution in [0.5, 0.6) is 0 Å². The molecule has 3 amide bonds. The van der Waals surface area contributed by atoms with E-state index in [0.29, 0.717) is 29.8 Å². The van der Waals surface area contributed by atoms with Gasteiger partial charge in [-0.1, -0.05) is 19.3 Å². The maximum absolute atomic E-state index is 12.9. The summed E-state index contributed by atoms with van der Waals surface area (Å²) in [7, 11) is 2.04. The Morgan fingerprint density at radius 3 is 2.27 bits per heavy atom. The number of rotatable bonds is 2. The summed E-state index contributed by atoms with van der Waals surface area (Å²) in [5.41, 5.74) is 1.33. The van der Waals surface area contributed by atoms with E-state index in [4.69, 9.17) is 0 Å². The van der Waals surface area contributed by atoms with E-state index in [9.17, 15) is 14.4 Å². The van der Waals surface area contributed by atoms with Crippen molar-refractivity contribution in [3.05, 3.63) is 34.9 Å². The quantitative estimate of drug-likeness (QED) is 0.762. The number of hydrogen-bond donors (Lipinski definition) is 0. The number of imide groups is 1. The first-order chi connectivity index (χ1) is 12.6. The highest BCUT2D eigenvalue weighted by Crippen LogP contribution is 2.31. The lowest BCUT2D eigenvalue weighted by Gasteiger charge is -2.32. The van der Waals surface area contributed by atoms with E-state index in [1.165, 1.54) is 11.3 Å². The van der Waals surface area contributed by atoms with Crippen LogP contribution in [0.4, 0.5) is 0 Å². The van der Waals surface area contributed by atoms with Gasteiger partial charge < -0.3 is 9.80 Å². The first-order valence-electron chi connectivity index (χ1n) is 9.56. The zero-order valence-electron chi connectivity index (χ0n) is 15.2. The van der Waals surface area contributed by atoms with Gasteiger partial charge in [0.15, 0.2) is 0 Å². The van der Waals surface area contributed by atoms with Crippen LogP contribution in [0.25, 0.3) is 0 Å². The van der Waals surface area contributed by atoms with Gasteiger partial charge in [0.25, 0.3) is 17.7 Å². The van der Waals surface area contributed by atoms with Gasteiger partial charge >= 0.3 is 0 Å². The van der Waals surface area contributed by atoms with Crippen molar-refractivity contribution in [2.75, 3.05) is 33.2 Å². The number of likely N-dealkylation sites (N-methyl/N-ethyl adjacent to an activating group) is 1. The molecule has 1 aromatic rings. The fourth-order valence-electron chi connectivity index (χ4n) is 4.26. The number of piperazine rings is 1. The fraction of sp³-hybridized carbons (Fsp3) is 0.550. The predicted octanol–water partition coefficient (Wildman–Crippen LogP) is 2.00. The van der Waals surface area contributed by atoms with Crippen LogP contribution >= 0.6 is 0 Å². The summed E-state index contributed by atoms with van der Waals surface area (Å²) in [6, 6.07) is 4.98. The molecule has 6 nitrogen and oxygen atoms in total. The summed E-state index contributed by atoms with van der Waals surface area (Å²) in [5.74, 6) is -0.488. The molecule has 1 aliphatic carbocycles. The van der Waals surface area contributed by atoms with Gasteiger partial charge in [-0.2, -0.15) is 0 Å². The molecule has 4 rings (SSSR count). The molecule has 26 heavy (non-hydrogen) atoms. The Morgan fingerprint density at radius 1 is 0.923 bits per heavy atom. The molecule has 138 valence electrons. The van der Waals surface area contributed by atoms with Gasteiger partial charge in [0.2, 0.25) is 0 Å². The summed E-state index contributed by atoms with van der Waals surface area (Å²) >= 11 is 0. The molecule has 1 aromatic carbocycles. The molecule has 0 spiro atoms. The first-order valence-corrected chi connectivity index (χ1v) is 9.56. The highest BCUT2D eigenvalue weighted by Gasteiger charge is 2.40. The third kappa shape index (κ3) is 2.92. The maximum atomic E-state index is 12.9. The van der Waals surface area contributed by atoms with Crippen molar-refractivity contribution in [2.24, 2.45) is 0 Å². The summed E-state index contributed by atoms with van der Waals surface area (Å²) in [6.07, 6.45) is 5.07. The zero-order valence-corrected chi connectivity index (χ0v) is 15.2. The number of fused-ring (bicyclic) bond motifs is 1. The smallest absolute Gasteiger partial charge is 0.261 e. The van der Waals surface area contributed by atoms with E-state index in [0.717, 1.165) is 38.8 Å². The largest absolute Gasteiger partial charge is 0.336 e. The Kier molecular flexibility index (Phi) is 4.53. The number of benzene rings is 1. The summed E-state index contributed by atoms with van der Waals surface area (Å²) in [5, 5.41) is 0. The van der Waals surface area contributed by atoms with Gasteiger partial charge in [0.05, 0.1) is 11.1 Å².